The second-order valence-electron chi connectivity index (χ2n) is 5.30. The summed E-state index contributed by atoms with van der Waals surface area (Å²) in [6, 6.07) is 13.7. The van der Waals surface area contributed by atoms with E-state index >= 15 is 0 Å². The van der Waals surface area contributed by atoms with Gasteiger partial charge in [0.05, 0.1) is 5.69 Å². The maximum atomic E-state index is 11.8. The molecule has 0 unspecified atom stereocenters. The zero-order valence-electron chi connectivity index (χ0n) is 11.9. The monoisotopic (exact) mass is 284 g/mol. The van der Waals surface area contributed by atoms with Gasteiger partial charge in [0.15, 0.2) is 0 Å². The molecule has 1 saturated heterocycles. The molecule has 2 N–H and O–H groups in total. The van der Waals surface area contributed by atoms with Gasteiger partial charge in [-0.25, -0.2) is 14.8 Å². The number of hydrogen-bond donors (Lipinski definition) is 1. The summed E-state index contributed by atoms with van der Waals surface area (Å²) in [5.41, 5.74) is 6.39. The number of rotatable bonds is 3. The van der Waals surface area contributed by atoms with Gasteiger partial charge in [0.1, 0.15) is 0 Å². The first kappa shape index (κ1) is 13.7. The van der Waals surface area contributed by atoms with Gasteiger partial charge in [0.25, 0.3) is 0 Å². The van der Waals surface area contributed by atoms with Crippen molar-refractivity contribution in [2.24, 2.45) is 5.73 Å². The number of anilines is 1. The maximum Gasteiger partial charge on any atom is 0.334 e. The lowest BCUT2D eigenvalue weighted by molar-refractivity contribution is 0.171. The Bertz CT molecular complexity index is 574. The van der Waals surface area contributed by atoms with E-state index in [0.29, 0.717) is 6.04 Å². The SMILES string of the molecule is NC(=O)N(c1ccccc1)N1CCC(n2cccc2)CC1. The molecule has 0 radical (unpaired) electrons. The fourth-order valence-electron chi connectivity index (χ4n) is 2.94. The van der Waals surface area contributed by atoms with Crippen molar-refractivity contribution in [2.75, 3.05) is 18.1 Å². The minimum absolute atomic E-state index is 0.430. The van der Waals surface area contributed by atoms with Crippen LogP contribution in [0.4, 0.5) is 10.5 Å². The predicted molar refractivity (Wildman–Crippen MR) is 82.8 cm³/mol. The topological polar surface area (TPSA) is 54.5 Å². The second kappa shape index (κ2) is 6.01. The summed E-state index contributed by atoms with van der Waals surface area (Å²) in [5, 5.41) is 3.63. The summed E-state index contributed by atoms with van der Waals surface area (Å²) >= 11 is 0. The zero-order chi connectivity index (χ0) is 14.7. The molecule has 1 aromatic carbocycles. The Kier molecular flexibility index (Phi) is 3.92. The average Bonchev–Trinajstić information content (AvgIpc) is 3.03. The molecule has 110 valence electrons. The summed E-state index contributed by atoms with van der Waals surface area (Å²) in [6.45, 7) is 1.64. The fourth-order valence-corrected chi connectivity index (χ4v) is 2.94. The first-order valence-corrected chi connectivity index (χ1v) is 7.27. The lowest BCUT2D eigenvalue weighted by atomic mass is 10.1. The molecule has 0 saturated carbocycles. The third kappa shape index (κ3) is 2.92. The molecular formula is C16H20N4O. The number of primary amides is 1. The highest BCUT2D eigenvalue weighted by Crippen LogP contribution is 2.26. The van der Waals surface area contributed by atoms with E-state index in [1.165, 1.54) is 0 Å². The number of piperidine rings is 1. The molecule has 5 heteroatoms. The molecule has 2 aromatic rings. The number of nitrogens with two attached hydrogens (primary N) is 1. The molecule has 5 nitrogen and oxygen atoms in total. The van der Waals surface area contributed by atoms with Crippen LogP contribution in [0.1, 0.15) is 18.9 Å². The molecule has 2 heterocycles. The Balaban J connectivity index is 1.71. The van der Waals surface area contributed by atoms with Gasteiger partial charge in [-0.05, 0) is 37.1 Å². The normalized spacial score (nSPS) is 16.8. The van der Waals surface area contributed by atoms with Crippen molar-refractivity contribution in [3.63, 3.8) is 0 Å². The number of amides is 2. The zero-order valence-corrected chi connectivity index (χ0v) is 11.9. The van der Waals surface area contributed by atoms with Crippen LogP contribution >= 0.6 is 0 Å². The van der Waals surface area contributed by atoms with Crippen molar-refractivity contribution in [1.29, 1.82) is 0 Å². The number of benzene rings is 1. The Morgan fingerprint density at radius 1 is 1.05 bits per heavy atom. The van der Waals surface area contributed by atoms with E-state index in [4.69, 9.17) is 5.73 Å². The first-order chi connectivity index (χ1) is 10.3. The summed E-state index contributed by atoms with van der Waals surface area (Å²) in [7, 11) is 0. The van der Waals surface area contributed by atoms with Gasteiger partial charge in [0, 0.05) is 31.5 Å². The van der Waals surface area contributed by atoms with Crippen molar-refractivity contribution >= 4 is 11.7 Å². The van der Waals surface area contributed by atoms with Crippen LogP contribution in [0, 0.1) is 0 Å². The van der Waals surface area contributed by atoms with Crippen LogP contribution in [-0.2, 0) is 0 Å². The van der Waals surface area contributed by atoms with Crippen LogP contribution in [0.15, 0.2) is 54.9 Å². The Morgan fingerprint density at radius 2 is 1.67 bits per heavy atom. The van der Waals surface area contributed by atoms with Crippen LogP contribution in [0.25, 0.3) is 0 Å². The molecule has 2 amide bonds. The summed E-state index contributed by atoms with van der Waals surface area (Å²) in [5.74, 6) is 0. The lowest BCUT2D eigenvalue weighted by Crippen LogP contribution is -2.52. The van der Waals surface area contributed by atoms with E-state index in [0.717, 1.165) is 31.6 Å². The molecular weight excluding hydrogens is 264 g/mol. The van der Waals surface area contributed by atoms with Crippen molar-refractivity contribution < 1.29 is 4.79 Å². The molecule has 21 heavy (non-hydrogen) atoms. The Morgan fingerprint density at radius 3 is 2.24 bits per heavy atom. The Labute approximate surface area is 124 Å². The molecule has 3 rings (SSSR count). The summed E-state index contributed by atoms with van der Waals surface area (Å²) < 4.78 is 2.24. The molecule has 1 aromatic heterocycles. The number of aromatic nitrogens is 1. The van der Waals surface area contributed by atoms with Gasteiger partial charge in [-0.1, -0.05) is 18.2 Å². The molecule has 1 fully saturated rings. The molecule has 1 aliphatic heterocycles. The van der Waals surface area contributed by atoms with E-state index in [1.807, 2.05) is 47.5 Å². The van der Waals surface area contributed by atoms with Gasteiger partial charge in [-0.15, -0.1) is 0 Å². The van der Waals surface area contributed by atoms with Crippen molar-refractivity contribution in [3.8, 4) is 0 Å². The van der Waals surface area contributed by atoms with Crippen LogP contribution < -0.4 is 10.7 Å². The highest BCUT2D eigenvalue weighted by atomic mass is 16.2. The maximum absolute atomic E-state index is 11.8. The number of hydrogen-bond acceptors (Lipinski definition) is 2. The molecule has 0 spiro atoms. The van der Waals surface area contributed by atoms with Gasteiger partial charge >= 0.3 is 6.03 Å². The fraction of sp³-hybridized carbons (Fsp3) is 0.312. The minimum Gasteiger partial charge on any atom is -0.351 e. The molecule has 0 atom stereocenters. The van der Waals surface area contributed by atoms with Gasteiger partial charge in [-0.3, -0.25) is 0 Å². The number of nitrogens with zero attached hydrogens (tertiary/aromatic N) is 3. The van der Waals surface area contributed by atoms with Crippen LogP contribution in [0.3, 0.4) is 0 Å². The quantitative estimate of drug-likeness (QED) is 0.942. The highest BCUT2D eigenvalue weighted by molar-refractivity contribution is 5.89. The van der Waals surface area contributed by atoms with Crippen LogP contribution in [0.5, 0.6) is 0 Å². The highest BCUT2D eigenvalue weighted by Gasteiger charge is 2.27. The van der Waals surface area contributed by atoms with Crippen molar-refractivity contribution in [2.45, 2.75) is 18.9 Å². The summed E-state index contributed by atoms with van der Waals surface area (Å²) in [6.07, 6.45) is 6.21. The minimum atomic E-state index is -0.430. The number of carbonyl (C=O) groups excluding carboxylic acids is 1. The molecule has 0 bridgehead atoms. The Hall–Kier alpha value is -2.27. The van der Waals surface area contributed by atoms with E-state index in [-0.39, 0.29) is 0 Å². The largest absolute Gasteiger partial charge is 0.351 e. The lowest BCUT2D eigenvalue weighted by Gasteiger charge is -2.39. The third-order valence-electron chi connectivity index (χ3n) is 3.98. The third-order valence-corrected chi connectivity index (χ3v) is 3.98. The van der Waals surface area contributed by atoms with E-state index in [2.05, 4.69) is 17.0 Å². The van der Waals surface area contributed by atoms with E-state index in [9.17, 15) is 4.79 Å². The van der Waals surface area contributed by atoms with E-state index in [1.54, 1.807) is 5.01 Å². The molecule has 1 aliphatic rings. The standard InChI is InChI=1S/C16H20N4O/c17-16(21)20(15-6-2-1-3-7-15)19-12-8-14(9-13-19)18-10-4-5-11-18/h1-7,10-11,14H,8-9,12-13H2,(H2,17,21). The molecule has 0 aliphatic carbocycles. The van der Waals surface area contributed by atoms with Crippen LogP contribution in [-0.4, -0.2) is 28.7 Å². The van der Waals surface area contributed by atoms with E-state index < -0.39 is 6.03 Å². The second-order valence-corrected chi connectivity index (χ2v) is 5.30. The smallest absolute Gasteiger partial charge is 0.334 e. The van der Waals surface area contributed by atoms with Gasteiger partial charge in [0.2, 0.25) is 0 Å². The number of urea groups is 1. The summed E-state index contributed by atoms with van der Waals surface area (Å²) in [4.78, 5) is 11.8. The van der Waals surface area contributed by atoms with Crippen molar-refractivity contribution in [1.82, 2.24) is 9.58 Å². The number of carbonyl (C=O) groups is 1. The van der Waals surface area contributed by atoms with Gasteiger partial charge < -0.3 is 10.3 Å². The predicted octanol–water partition coefficient (Wildman–Crippen LogP) is 2.63. The number of hydrazine groups is 1. The average molecular weight is 284 g/mol. The first-order valence-electron chi connectivity index (χ1n) is 7.27. The van der Waals surface area contributed by atoms with Gasteiger partial charge in [-0.2, -0.15) is 0 Å². The van der Waals surface area contributed by atoms with Crippen molar-refractivity contribution in [3.05, 3.63) is 54.9 Å². The number of para-hydroxylation sites is 1. The van der Waals surface area contributed by atoms with Crippen LogP contribution in [0.2, 0.25) is 0 Å².